The van der Waals surface area contributed by atoms with Gasteiger partial charge in [0, 0.05) is 0 Å². The van der Waals surface area contributed by atoms with Crippen molar-refractivity contribution < 1.29 is 14.3 Å². The Kier molecular flexibility index (Phi) is 5.65. The topological polar surface area (TPSA) is 35.5 Å². The van der Waals surface area contributed by atoms with Crippen LogP contribution in [0.5, 0.6) is 11.5 Å². The highest BCUT2D eigenvalue weighted by atomic mass is 16.7. The molecule has 0 saturated heterocycles. The van der Waals surface area contributed by atoms with Crippen LogP contribution in [0, 0.1) is 0 Å². The molecule has 0 bridgehead atoms. The Labute approximate surface area is 209 Å². The van der Waals surface area contributed by atoms with Gasteiger partial charge in [0.1, 0.15) is 11.5 Å². The first-order valence-corrected chi connectivity index (χ1v) is 11.8. The average Bonchev–Trinajstić information content (AvgIpc) is 2.93. The molecule has 3 nitrogen and oxygen atoms in total. The minimum atomic E-state index is -0.772. The van der Waals surface area contributed by atoms with Gasteiger partial charge >= 0.3 is 6.16 Å². The number of fused-ring (bicyclic) bond motifs is 2. The molecule has 0 spiro atoms. The second kappa shape index (κ2) is 9.40. The summed E-state index contributed by atoms with van der Waals surface area (Å²) in [5, 5.41) is 4.73. The van der Waals surface area contributed by atoms with Crippen LogP contribution in [-0.2, 0) is 0 Å². The SMILES string of the molecule is O=C(Oc1ccc(-c2cccc3ccccc23)cc1)Oc1ccc(-c2cccc3ccccc23)cc1. The van der Waals surface area contributed by atoms with Crippen LogP contribution in [0.2, 0.25) is 0 Å². The van der Waals surface area contributed by atoms with E-state index in [-0.39, 0.29) is 0 Å². The molecule has 172 valence electrons. The summed E-state index contributed by atoms with van der Waals surface area (Å²) in [6, 6.07) is 43.9. The quantitative estimate of drug-likeness (QED) is 0.192. The number of carbonyl (C=O) groups is 1. The second-order valence-corrected chi connectivity index (χ2v) is 8.56. The molecule has 0 heterocycles. The lowest BCUT2D eigenvalue weighted by Gasteiger charge is -2.10. The van der Waals surface area contributed by atoms with Gasteiger partial charge in [-0.25, -0.2) is 4.79 Å². The van der Waals surface area contributed by atoms with Crippen LogP contribution in [0.4, 0.5) is 4.79 Å². The molecule has 0 saturated carbocycles. The van der Waals surface area contributed by atoms with Crippen LogP contribution in [0.3, 0.4) is 0 Å². The lowest BCUT2D eigenvalue weighted by atomic mass is 9.98. The van der Waals surface area contributed by atoms with Crippen molar-refractivity contribution in [3.05, 3.63) is 133 Å². The standard InChI is InChI=1S/C33H22O3/c34-33(35-27-19-15-25(16-20-27)31-13-5-9-23-7-1-3-11-29(23)31)36-28-21-17-26(18-22-28)32-14-6-10-24-8-2-4-12-30(24)32/h1-22H. The zero-order valence-electron chi connectivity index (χ0n) is 19.4. The summed E-state index contributed by atoms with van der Waals surface area (Å²) in [4.78, 5) is 12.4. The molecule has 6 aromatic carbocycles. The van der Waals surface area contributed by atoms with Crippen LogP contribution in [0.25, 0.3) is 43.8 Å². The van der Waals surface area contributed by atoms with Crippen molar-refractivity contribution in [3.8, 4) is 33.8 Å². The van der Waals surface area contributed by atoms with Crippen LogP contribution in [0.15, 0.2) is 133 Å². The van der Waals surface area contributed by atoms with Crippen molar-refractivity contribution in [2.24, 2.45) is 0 Å². The highest BCUT2D eigenvalue weighted by molar-refractivity contribution is 5.97. The van der Waals surface area contributed by atoms with E-state index in [0.717, 1.165) is 22.3 Å². The number of benzene rings is 6. The first-order chi connectivity index (χ1) is 17.7. The van der Waals surface area contributed by atoms with E-state index < -0.39 is 6.16 Å². The highest BCUT2D eigenvalue weighted by Crippen LogP contribution is 2.31. The molecule has 0 aliphatic heterocycles. The zero-order chi connectivity index (χ0) is 24.3. The zero-order valence-corrected chi connectivity index (χ0v) is 19.4. The van der Waals surface area contributed by atoms with Gasteiger partial charge in [-0.05, 0) is 68.1 Å². The lowest BCUT2D eigenvalue weighted by molar-refractivity contribution is 0.152. The molecule has 0 aliphatic rings. The van der Waals surface area contributed by atoms with Crippen molar-refractivity contribution in [1.82, 2.24) is 0 Å². The van der Waals surface area contributed by atoms with Crippen LogP contribution in [-0.4, -0.2) is 6.16 Å². The van der Waals surface area contributed by atoms with Crippen molar-refractivity contribution in [2.75, 3.05) is 0 Å². The van der Waals surface area contributed by atoms with Gasteiger partial charge in [0.25, 0.3) is 0 Å². The molecule has 0 N–H and O–H groups in total. The number of ether oxygens (including phenoxy) is 2. The van der Waals surface area contributed by atoms with E-state index in [4.69, 9.17) is 9.47 Å². The van der Waals surface area contributed by atoms with Crippen molar-refractivity contribution >= 4 is 27.7 Å². The first-order valence-electron chi connectivity index (χ1n) is 11.8. The fourth-order valence-electron chi connectivity index (χ4n) is 4.57. The maximum absolute atomic E-state index is 12.4. The fraction of sp³-hybridized carbons (Fsp3) is 0. The molecule has 0 aromatic heterocycles. The third kappa shape index (κ3) is 4.30. The van der Waals surface area contributed by atoms with Crippen molar-refractivity contribution in [3.63, 3.8) is 0 Å². The monoisotopic (exact) mass is 466 g/mol. The maximum atomic E-state index is 12.4. The maximum Gasteiger partial charge on any atom is 0.519 e. The molecule has 0 atom stereocenters. The molecule has 0 unspecified atom stereocenters. The molecule has 6 rings (SSSR count). The molecule has 0 amide bonds. The number of rotatable bonds is 4. The molecule has 0 radical (unpaired) electrons. The van der Waals surface area contributed by atoms with E-state index in [0.29, 0.717) is 11.5 Å². The minimum Gasteiger partial charge on any atom is -0.395 e. The van der Waals surface area contributed by atoms with Crippen molar-refractivity contribution in [1.29, 1.82) is 0 Å². The fourth-order valence-corrected chi connectivity index (χ4v) is 4.57. The first kappa shape index (κ1) is 21.6. The Morgan fingerprint density at radius 2 is 0.806 bits per heavy atom. The summed E-state index contributed by atoms with van der Waals surface area (Å²) in [6.45, 7) is 0. The number of carbonyl (C=O) groups excluding carboxylic acids is 1. The Balaban J connectivity index is 1.15. The Hall–Kier alpha value is -4.89. The molecule has 36 heavy (non-hydrogen) atoms. The second-order valence-electron chi connectivity index (χ2n) is 8.56. The van der Waals surface area contributed by atoms with E-state index in [1.807, 2.05) is 60.7 Å². The summed E-state index contributed by atoms with van der Waals surface area (Å²) in [5.41, 5.74) is 4.37. The van der Waals surface area contributed by atoms with E-state index in [9.17, 15) is 4.79 Å². The third-order valence-electron chi connectivity index (χ3n) is 6.31. The Morgan fingerprint density at radius 1 is 0.417 bits per heavy atom. The van der Waals surface area contributed by atoms with E-state index >= 15 is 0 Å². The van der Waals surface area contributed by atoms with Gasteiger partial charge in [-0.3, -0.25) is 0 Å². The smallest absolute Gasteiger partial charge is 0.395 e. The summed E-state index contributed by atoms with van der Waals surface area (Å²) in [7, 11) is 0. The summed E-state index contributed by atoms with van der Waals surface area (Å²) >= 11 is 0. The van der Waals surface area contributed by atoms with Gasteiger partial charge in [0.05, 0.1) is 0 Å². The minimum absolute atomic E-state index is 0.427. The summed E-state index contributed by atoms with van der Waals surface area (Å²) in [6.07, 6.45) is -0.772. The van der Waals surface area contributed by atoms with Gasteiger partial charge in [-0.2, -0.15) is 0 Å². The van der Waals surface area contributed by atoms with Gasteiger partial charge in [0.15, 0.2) is 0 Å². The van der Waals surface area contributed by atoms with Crippen LogP contribution >= 0.6 is 0 Å². The molecule has 3 heteroatoms. The van der Waals surface area contributed by atoms with Crippen LogP contribution in [0.1, 0.15) is 0 Å². The largest absolute Gasteiger partial charge is 0.519 e. The van der Waals surface area contributed by atoms with Crippen LogP contribution < -0.4 is 9.47 Å². The van der Waals surface area contributed by atoms with Gasteiger partial charge in [-0.1, -0.05) is 109 Å². The molecule has 0 aliphatic carbocycles. The predicted molar refractivity (Wildman–Crippen MR) is 145 cm³/mol. The lowest BCUT2D eigenvalue weighted by Crippen LogP contribution is -2.13. The average molecular weight is 467 g/mol. The highest BCUT2D eigenvalue weighted by Gasteiger charge is 2.10. The summed E-state index contributed by atoms with van der Waals surface area (Å²) < 4.78 is 10.8. The van der Waals surface area contributed by atoms with Gasteiger partial charge in [-0.15, -0.1) is 0 Å². The van der Waals surface area contributed by atoms with Crippen molar-refractivity contribution in [2.45, 2.75) is 0 Å². The van der Waals surface area contributed by atoms with E-state index in [2.05, 4.69) is 48.5 Å². The van der Waals surface area contributed by atoms with Gasteiger partial charge in [0.2, 0.25) is 0 Å². The molecular weight excluding hydrogens is 444 g/mol. The molecular formula is C33H22O3. The van der Waals surface area contributed by atoms with E-state index in [1.165, 1.54) is 21.5 Å². The normalized spacial score (nSPS) is 10.9. The predicted octanol–water partition coefficient (Wildman–Crippen LogP) is 8.90. The Morgan fingerprint density at radius 3 is 1.25 bits per heavy atom. The third-order valence-corrected chi connectivity index (χ3v) is 6.31. The number of hydrogen-bond donors (Lipinski definition) is 0. The molecule has 0 fully saturated rings. The molecule has 6 aromatic rings. The van der Waals surface area contributed by atoms with E-state index in [1.54, 1.807) is 24.3 Å². The number of hydrogen-bond acceptors (Lipinski definition) is 3. The van der Waals surface area contributed by atoms with Gasteiger partial charge < -0.3 is 9.47 Å². The Bertz CT molecular complexity index is 1550. The summed E-state index contributed by atoms with van der Waals surface area (Å²) in [5.74, 6) is 0.854.